The Morgan fingerprint density at radius 2 is 1.95 bits per heavy atom. The topological polar surface area (TPSA) is 65.8 Å². The minimum Gasteiger partial charge on any atom is -0.351 e. The molecule has 1 N–H and O–H groups in total. The van der Waals surface area contributed by atoms with Crippen molar-refractivity contribution < 1.29 is 4.79 Å². The summed E-state index contributed by atoms with van der Waals surface area (Å²) in [5.74, 6) is -0.600. The zero-order valence-electron chi connectivity index (χ0n) is 11.4. The van der Waals surface area contributed by atoms with E-state index in [1.165, 1.54) is 6.08 Å². The average Bonchev–Trinajstić information content (AvgIpc) is 2.55. The third-order valence-electron chi connectivity index (χ3n) is 3.02. The maximum atomic E-state index is 12.3. The van der Waals surface area contributed by atoms with E-state index in [4.69, 9.17) is 5.26 Å². The summed E-state index contributed by atoms with van der Waals surface area (Å²) in [4.78, 5) is 16.3. The number of carbonyl (C=O) groups excluding carboxylic acids is 1. The highest BCUT2D eigenvalue weighted by atomic mass is 16.1. The number of hydrogen-bond acceptors (Lipinski definition) is 3. The van der Waals surface area contributed by atoms with Crippen LogP contribution in [-0.2, 0) is 11.3 Å². The highest BCUT2D eigenvalue weighted by Crippen LogP contribution is 2.17. The highest BCUT2D eigenvalue weighted by Gasteiger charge is 2.16. The number of amides is 1. The molecule has 0 saturated heterocycles. The van der Waals surface area contributed by atoms with Crippen LogP contribution in [0.15, 0.2) is 67.0 Å². The van der Waals surface area contributed by atoms with Gasteiger partial charge in [0.25, 0.3) is 0 Å². The Labute approximate surface area is 123 Å². The average molecular weight is 277 g/mol. The minimum absolute atomic E-state index is 0.135. The van der Waals surface area contributed by atoms with Crippen molar-refractivity contribution >= 4 is 5.91 Å². The Balaban J connectivity index is 2.08. The molecule has 4 nitrogen and oxygen atoms in total. The molecule has 1 unspecified atom stereocenters. The molecule has 4 heteroatoms. The summed E-state index contributed by atoms with van der Waals surface area (Å²) in [7, 11) is 0. The Hall–Kier alpha value is -2.93. The van der Waals surface area contributed by atoms with Crippen molar-refractivity contribution in [2.45, 2.75) is 12.5 Å². The van der Waals surface area contributed by atoms with E-state index in [2.05, 4.69) is 10.3 Å². The second-order valence-electron chi connectivity index (χ2n) is 4.45. The van der Waals surface area contributed by atoms with E-state index in [1.54, 1.807) is 18.5 Å². The number of nitrogens with zero attached hydrogens (tertiary/aromatic N) is 2. The smallest absolute Gasteiger partial charge is 0.231 e. The Morgan fingerprint density at radius 3 is 2.62 bits per heavy atom. The largest absolute Gasteiger partial charge is 0.351 e. The molecule has 0 saturated carbocycles. The molecule has 0 aliphatic carbocycles. The normalized spacial score (nSPS) is 11.8. The van der Waals surface area contributed by atoms with Crippen LogP contribution in [0.25, 0.3) is 0 Å². The third kappa shape index (κ3) is 4.29. The number of rotatable bonds is 5. The molecule has 0 spiro atoms. The number of hydrogen-bond donors (Lipinski definition) is 1. The van der Waals surface area contributed by atoms with E-state index < -0.39 is 5.92 Å². The van der Waals surface area contributed by atoms with E-state index in [0.717, 1.165) is 11.1 Å². The van der Waals surface area contributed by atoms with Crippen LogP contribution in [0.5, 0.6) is 0 Å². The SMILES string of the molecule is N#C/C=C/C(C(=O)NCc1ccncc1)c1ccccc1. The lowest BCUT2D eigenvalue weighted by Crippen LogP contribution is -2.28. The molecule has 0 aliphatic rings. The molecule has 1 amide bonds. The van der Waals surface area contributed by atoms with Crippen LogP contribution in [-0.4, -0.2) is 10.9 Å². The number of carbonyl (C=O) groups is 1. The van der Waals surface area contributed by atoms with Crippen LogP contribution in [0.1, 0.15) is 17.0 Å². The van der Waals surface area contributed by atoms with Crippen LogP contribution in [0.2, 0.25) is 0 Å². The van der Waals surface area contributed by atoms with Crippen molar-refractivity contribution in [1.29, 1.82) is 5.26 Å². The number of nitriles is 1. The molecule has 2 aromatic rings. The fourth-order valence-electron chi connectivity index (χ4n) is 1.95. The van der Waals surface area contributed by atoms with E-state index in [9.17, 15) is 4.79 Å². The van der Waals surface area contributed by atoms with E-state index in [-0.39, 0.29) is 5.91 Å². The Kier molecular flexibility index (Phi) is 5.25. The third-order valence-corrected chi connectivity index (χ3v) is 3.02. The van der Waals surface area contributed by atoms with E-state index >= 15 is 0 Å². The van der Waals surface area contributed by atoms with Gasteiger partial charge in [0.1, 0.15) is 0 Å². The lowest BCUT2D eigenvalue weighted by molar-refractivity contribution is -0.121. The van der Waals surface area contributed by atoms with Crippen molar-refractivity contribution in [3.63, 3.8) is 0 Å². The van der Waals surface area contributed by atoms with Crippen molar-refractivity contribution in [2.75, 3.05) is 0 Å². The Morgan fingerprint density at radius 1 is 1.24 bits per heavy atom. The predicted molar refractivity (Wildman–Crippen MR) is 80.0 cm³/mol. The molecule has 21 heavy (non-hydrogen) atoms. The van der Waals surface area contributed by atoms with Gasteiger partial charge in [0, 0.05) is 25.0 Å². The summed E-state index contributed by atoms with van der Waals surface area (Å²) in [5.41, 5.74) is 1.84. The molecule has 2 rings (SSSR count). The van der Waals surface area contributed by atoms with Crippen LogP contribution in [0, 0.1) is 11.3 Å². The summed E-state index contributed by atoms with van der Waals surface area (Å²) >= 11 is 0. The summed E-state index contributed by atoms with van der Waals surface area (Å²) in [5, 5.41) is 11.6. The van der Waals surface area contributed by atoms with Crippen LogP contribution in [0.4, 0.5) is 0 Å². The Bertz CT molecular complexity index is 645. The maximum absolute atomic E-state index is 12.3. The van der Waals surface area contributed by atoms with Gasteiger partial charge in [-0.25, -0.2) is 0 Å². The summed E-state index contributed by atoms with van der Waals surface area (Å²) in [6.07, 6.45) is 6.32. The van der Waals surface area contributed by atoms with Crippen molar-refractivity contribution in [1.82, 2.24) is 10.3 Å². The minimum atomic E-state index is -0.465. The number of aromatic nitrogens is 1. The van der Waals surface area contributed by atoms with E-state index in [0.29, 0.717) is 6.54 Å². The van der Waals surface area contributed by atoms with Gasteiger partial charge in [0.15, 0.2) is 0 Å². The highest BCUT2D eigenvalue weighted by molar-refractivity contribution is 5.85. The standard InChI is InChI=1S/C17H15N3O/c18-10-4-7-16(15-5-2-1-3-6-15)17(21)20-13-14-8-11-19-12-9-14/h1-9,11-12,16H,13H2,(H,20,21)/b7-4+. The number of allylic oxidation sites excluding steroid dienone is 1. The summed E-state index contributed by atoms with van der Waals surface area (Å²) in [6, 6.07) is 15.0. The molecule has 0 aliphatic heterocycles. The monoisotopic (exact) mass is 277 g/mol. The molecule has 1 heterocycles. The van der Waals surface area contributed by atoms with Crippen LogP contribution in [0.3, 0.4) is 0 Å². The first-order valence-corrected chi connectivity index (χ1v) is 6.59. The predicted octanol–water partition coefficient (Wildman–Crippen LogP) is 2.56. The molecular formula is C17H15N3O. The fourth-order valence-corrected chi connectivity index (χ4v) is 1.95. The van der Waals surface area contributed by atoms with Gasteiger partial charge in [-0.3, -0.25) is 9.78 Å². The van der Waals surface area contributed by atoms with Crippen LogP contribution < -0.4 is 5.32 Å². The van der Waals surface area contributed by atoms with Gasteiger partial charge in [-0.15, -0.1) is 0 Å². The van der Waals surface area contributed by atoms with Crippen molar-refractivity contribution in [2.24, 2.45) is 0 Å². The molecular weight excluding hydrogens is 262 g/mol. The van der Waals surface area contributed by atoms with Gasteiger partial charge in [0.05, 0.1) is 12.0 Å². The summed E-state index contributed by atoms with van der Waals surface area (Å²) < 4.78 is 0. The number of nitrogens with one attached hydrogen (secondary N) is 1. The molecule has 0 radical (unpaired) electrons. The van der Waals surface area contributed by atoms with Crippen LogP contribution >= 0.6 is 0 Å². The van der Waals surface area contributed by atoms with Gasteiger partial charge in [-0.2, -0.15) is 5.26 Å². The maximum Gasteiger partial charge on any atom is 0.231 e. The van der Waals surface area contributed by atoms with Gasteiger partial charge in [0.2, 0.25) is 5.91 Å². The molecule has 0 fully saturated rings. The lowest BCUT2D eigenvalue weighted by atomic mass is 9.97. The first kappa shape index (κ1) is 14.5. The second-order valence-corrected chi connectivity index (χ2v) is 4.45. The van der Waals surface area contributed by atoms with E-state index in [1.807, 2.05) is 48.5 Å². The quantitative estimate of drug-likeness (QED) is 0.854. The zero-order chi connectivity index (χ0) is 14.9. The fraction of sp³-hybridized carbons (Fsp3) is 0.118. The number of benzene rings is 1. The molecule has 1 aromatic heterocycles. The van der Waals surface area contributed by atoms with Gasteiger partial charge >= 0.3 is 0 Å². The molecule has 104 valence electrons. The zero-order valence-corrected chi connectivity index (χ0v) is 11.4. The van der Waals surface area contributed by atoms with Gasteiger partial charge in [-0.05, 0) is 23.3 Å². The van der Waals surface area contributed by atoms with Gasteiger partial charge < -0.3 is 5.32 Å². The molecule has 1 atom stereocenters. The first-order valence-electron chi connectivity index (χ1n) is 6.59. The molecule has 1 aromatic carbocycles. The second kappa shape index (κ2) is 7.61. The molecule has 0 bridgehead atoms. The van der Waals surface area contributed by atoms with Crippen molar-refractivity contribution in [3.8, 4) is 6.07 Å². The number of pyridine rings is 1. The lowest BCUT2D eigenvalue weighted by Gasteiger charge is -2.13. The van der Waals surface area contributed by atoms with Gasteiger partial charge in [-0.1, -0.05) is 36.4 Å². The van der Waals surface area contributed by atoms with Crippen molar-refractivity contribution in [3.05, 3.63) is 78.1 Å². The summed E-state index contributed by atoms with van der Waals surface area (Å²) in [6.45, 7) is 0.436. The first-order chi connectivity index (χ1) is 10.3.